The second kappa shape index (κ2) is 9.12. The van der Waals surface area contributed by atoms with E-state index in [1.165, 1.54) is 57.7 Å². The van der Waals surface area contributed by atoms with E-state index >= 15 is 0 Å². The molecule has 0 unspecified atom stereocenters. The molecule has 1 aliphatic rings. The molecule has 8 nitrogen and oxygen atoms in total. The van der Waals surface area contributed by atoms with E-state index < -0.39 is 14.9 Å². The van der Waals surface area contributed by atoms with Crippen molar-refractivity contribution in [1.29, 1.82) is 0 Å². The van der Waals surface area contributed by atoms with Crippen LogP contribution in [0.2, 0.25) is 0 Å². The van der Waals surface area contributed by atoms with Gasteiger partial charge in [-0.1, -0.05) is 25.7 Å². The van der Waals surface area contributed by atoms with Crippen molar-refractivity contribution < 1.29 is 13.3 Å². The fourth-order valence-corrected chi connectivity index (χ4v) is 3.80. The number of benzene rings is 1. The minimum absolute atomic E-state index is 0.121. The van der Waals surface area contributed by atoms with Gasteiger partial charge in [-0.2, -0.15) is 0 Å². The van der Waals surface area contributed by atoms with Gasteiger partial charge in [0.1, 0.15) is 5.69 Å². The van der Waals surface area contributed by atoms with Crippen molar-refractivity contribution in [2.24, 2.45) is 0 Å². The first-order chi connectivity index (χ1) is 11.9. The summed E-state index contributed by atoms with van der Waals surface area (Å²) in [6.07, 6.45) is 7.44. The lowest BCUT2D eigenvalue weighted by molar-refractivity contribution is -0.384. The Labute approximate surface area is 148 Å². The predicted octanol–water partition coefficient (Wildman–Crippen LogP) is 2.23. The number of hydrogen-bond donors (Lipinski definition) is 3. The molecular weight excluding hydrogens is 344 g/mol. The highest BCUT2D eigenvalue weighted by Gasteiger charge is 2.20. The lowest BCUT2D eigenvalue weighted by atomic mass is 10.1. The average Bonchev–Trinajstić information content (AvgIpc) is 2.87. The van der Waals surface area contributed by atoms with Gasteiger partial charge in [-0.15, -0.1) is 0 Å². The third kappa shape index (κ3) is 5.65. The second-order valence-corrected chi connectivity index (χ2v) is 8.10. The van der Waals surface area contributed by atoms with E-state index in [2.05, 4.69) is 15.4 Å². The minimum Gasteiger partial charge on any atom is -0.378 e. The lowest BCUT2D eigenvalue weighted by Crippen LogP contribution is -2.32. The molecule has 1 aliphatic carbocycles. The third-order valence-corrected chi connectivity index (χ3v) is 5.89. The maximum Gasteiger partial charge on any atom is 0.293 e. The molecule has 9 heteroatoms. The first-order valence-electron chi connectivity index (χ1n) is 8.63. The third-order valence-electron chi connectivity index (χ3n) is 4.47. The summed E-state index contributed by atoms with van der Waals surface area (Å²) in [5.41, 5.74) is 0.0773. The van der Waals surface area contributed by atoms with Gasteiger partial charge in [0, 0.05) is 25.2 Å². The number of rotatable bonds is 8. The fraction of sp³-hybridized carbons (Fsp3) is 0.625. The molecule has 0 spiro atoms. The van der Waals surface area contributed by atoms with Gasteiger partial charge in [0.25, 0.3) is 5.69 Å². The largest absolute Gasteiger partial charge is 0.378 e. The molecule has 1 aromatic rings. The number of nitrogens with zero attached hydrogens (tertiary/aromatic N) is 1. The Bertz CT molecular complexity index is 685. The number of sulfonamides is 1. The molecule has 0 amide bonds. The number of nitrogens with one attached hydrogen (secondary N) is 3. The van der Waals surface area contributed by atoms with E-state index in [1.807, 2.05) is 0 Å². The highest BCUT2D eigenvalue weighted by Crippen LogP contribution is 2.27. The maximum atomic E-state index is 11.8. The van der Waals surface area contributed by atoms with Crippen LogP contribution in [-0.4, -0.2) is 39.5 Å². The predicted molar refractivity (Wildman–Crippen MR) is 97.3 cm³/mol. The number of nitro groups is 1. The number of nitro benzene ring substituents is 1. The van der Waals surface area contributed by atoms with Crippen molar-refractivity contribution in [2.45, 2.75) is 49.5 Å². The van der Waals surface area contributed by atoms with Gasteiger partial charge >= 0.3 is 0 Å². The highest BCUT2D eigenvalue weighted by molar-refractivity contribution is 7.89. The Morgan fingerprint density at radius 3 is 2.44 bits per heavy atom. The van der Waals surface area contributed by atoms with Gasteiger partial charge in [0.05, 0.1) is 9.82 Å². The number of anilines is 1. The molecule has 0 atom stereocenters. The summed E-state index contributed by atoms with van der Waals surface area (Å²) in [6.45, 7) is 1.24. The molecule has 1 aromatic carbocycles. The smallest absolute Gasteiger partial charge is 0.293 e. The van der Waals surface area contributed by atoms with E-state index in [0.717, 1.165) is 6.07 Å². The average molecular weight is 370 g/mol. The molecule has 0 aromatic heterocycles. The molecule has 1 saturated carbocycles. The molecule has 25 heavy (non-hydrogen) atoms. The zero-order valence-corrected chi connectivity index (χ0v) is 15.3. The zero-order chi connectivity index (χ0) is 18.3. The Morgan fingerprint density at radius 2 is 1.84 bits per heavy atom. The van der Waals surface area contributed by atoms with Crippen molar-refractivity contribution in [2.75, 3.05) is 25.5 Å². The van der Waals surface area contributed by atoms with Crippen molar-refractivity contribution in [3.05, 3.63) is 28.3 Å². The zero-order valence-electron chi connectivity index (χ0n) is 14.5. The van der Waals surface area contributed by atoms with Crippen LogP contribution in [0.3, 0.4) is 0 Å². The summed E-state index contributed by atoms with van der Waals surface area (Å²) >= 11 is 0. The van der Waals surface area contributed by atoms with E-state index in [9.17, 15) is 18.5 Å². The SMILES string of the molecule is CNS(=O)(=O)c1ccc(NCCNC2CCCCCC2)c([N+](=O)[O-])c1. The summed E-state index contributed by atoms with van der Waals surface area (Å²) in [5.74, 6) is 0. The Balaban J connectivity index is 1.95. The summed E-state index contributed by atoms with van der Waals surface area (Å²) in [4.78, 5) is 10.5. The fourth-order valence-electron chi connectivity index (χ4n) is 3.05. The number of hydrogen-bond acceptors (Lipinski definition) is 6. The molecule has 0 bridgehead atoms. The Hall–Kier alpha value is -1.71. The van der Waals surface area contributed by atoms with Gasteiger partial charge in [-0.3, -0.25) is 10.1 Å². The summed E-state index contributed by atoms with van der Waals surface area (Å²) < 4.78 is 25.7. The van der Waals surface area contributed by atoms with Crippen molar-refractivity contribution in [3.63, 3.8) is 0 Å². The summed E-state index contributed by atoms with van der Waals surface area (Å²) in [5, 5.41) is 17.8. The van der Waals surface area contributed by atoms with Crippen LogP contribution in [0.25, 0.3) is 0 Å². The lowest BCUT2D eigenvalue weighted by Gasteiger charge is -2.16. The quantitative estimate of drug-likeness (QED) is 0.280. The van der Waals surface area contributed by atoms with E-state index in [1.54, 1.807) is 0 Å². The monoisotopic (exact) mass is 370 g/mol. The first kappa shape index (κ1) is 19.6. The van der Waals surface area contributed by atoms with Gasteiger partial charge in [0.15, 0.2) is 0 Å². The van der Waals surface area contributed by atoms with Crippen molar-refractivity contribution in [1.82, 2.24) is 10.0 Å². The second-order valence-electron chi connectivity index (χ2n) is 6.21. The Morgan fingerprint density at radius 1 is 1.16 bits per heavy atom. The van der Waals surface area contributed by atoms with Crippen molar-refractivity contribution >= 4 is 21.4 Å². The van der Waals surface area contributed by atoms with E-state index in [0.29, 0.717) is 24.8 Å². The van der Waals surface area contributed by atoms with Crippen LogP contribution in [0, 0.1) is 10.1 Å². The Kier molecular flexibility index (Phi) is 7.15. The van der Waals surface area contributed by atoms with Crippen LogP contribution >= 0.6 is 0 Å². The van der Waals surface area contributed by atoms with Crippen LogP contribution in [-0.2, 0) is 10.0 Å². The molecule has 3 N–H and O–H groups in total. The van der Waals surface area contributed by atoms with Crippen LogP contribution in [0.4, 0.5) is 11.4 Å². The first-order valence-corrected chi connectivity index (χ1v) is 10.1. The van der Waals surface area contributed by atoms with Crippen molar-refractivity contribution in [3.8, 4) is 0 Å². The minimum atomic E-state index is -3.71. The van der Waals surface area contributed by atoms with Crippen LogP contribution in [0.15, 0.2) is 23.1 Å². The molecule has 0 aliphatic heterocycles. The van der Waals surface area contributed by atoms with E-state index in [-0.39, 0.29) is 10.6 Å². The van der Waals surface area contributed by atoms with Gasteiger partial charge < -0.3 is 10.6 Å². The molecule has 2 rings (SSSR count). The maximum absolute atomic E-state index is 11.8. The molecular formula is C16H26N4O4S. The van der Waals surface area contributed by atoms with Gasteiger partial charge in [-0.05, 0) is 32.0 Å². The summed E-state index contributed by atoms with van der Waals surface area (Å²) in [6, 6.07) is 4.39. The molecule has 0 saturated heterocycles. The molecule has 1 fully saturated rings. The van der Waals surface area contributed by atoms with Gasteiger partial charge in [0.2, 0.25) is 10.0 Å². The standard InChI is InChI=1S/C16H26N4O4S/c1-17-25(23,24)14-8-9-15(16(12-14)20(21)22)19-11-10-18-13-6-4-2-3-5-7-13/h8-9,12-13,17-19H,2-7,10-11H2,1H3. The van der Waals surface area contributed by atoms with Crippen LogP contribution in [0.1, 0.15) is 38.5 Å². The molecule has 0 radical (unpaired) electrons. The molecule has 140 valence electrons. The highest BCUT2D eigenvalue weighted by atomic mass is 32.2. The topological polar surface area (TPSA) is 113 Å². The van der Waals surface area contributed by atoms with Gasteiger partial charge in [-0.25, -0.2) is 13.1 Å². The van der Waals surface area contributed by atoms with Crippen LogP contribution in [0.5, 0.6) is 0 Å². The summed E-state index contributed by atoms with van der Waals surface area (Å²) in [7, 11) is -2.44. The van der Waals surface area contributed by atoms with E-state index in [4.69, 9.17) is 0 Å². The molecule has 0 heterocycles. The normalized spacial score (nSPS) is 16.4. The van der Waals surface area contributed by atoms with Crippen LogP contribution < -0.4 is 15.4 Å².